The number of aryl methyl sites for hydroxylation is 1. The molecule has 0 aliphatic rings. The molecule has 29 heavy (non-hydrogen) atoms. The number of carbonyl (C=O) groups excluding carboxylic acids is 1. The second kappa shape index (κ2) is 7.72. The summed E-state index contributed by atoms with van der Waals surface area (Å²) in [7, 11) is 1.55. The normalized spacial score (nSPS) is 11.0. The molecule has 146 valence electrons. The van der Waals surface area contributed by atoms with Gasteiger partial charge in [0, 0.05) is 26.4 Å². The molecule has 4 aromatic rings. The molecule has 0 amide bonds. The number of benzene rings is 3. The van der Waals surface area contributed by atoms with Crippen molar-refractivity contribution in [2.75, 3.05) is 13.7 Å². The minimum absolute atomic E-state index is 0.108. The summed E-state index contributed by atoms with van der Waals surface area (Å²) in [5.74, 6) is 0.954. The van der Waals surface area contributed by atoms with Gasteiger partial charge in [-0.2, -0.15) is 0 Å². The van der Waals surface area contributed by atoms with Crippen LogP contribution < -0.4 is 15.1 Å². The maximum Gasteiger partial charge on any atom is 0.344 e. The first kappa shape index (κ1) is 19.2. The highest BCUT2D eigenvalue weighted by molar-refractivity contribution is 9.10. The molecule has 0 N–H and O–H groups in total. The number of Topliss-reactive ketones (excluding diaryl/α,β-unsaturated/α-hetero) is 1. The van der Waals surface area contributed by atoms with E-state index in [-0.39, 0.29) is 12.4 Å². The standard InChI is InChI=1S/C23H17BrO5/c1-13-21(28-12-20(25)14-3-5-15(24)6-4-14)10-9-18-17-8-7-16(27-2)11-19(17)23(26)29-22(13)18/h3-11H,12H2,1-2H3. The Labute approximate surface area is 175 Å². The quantitative estimate of drug-likeness (QED) is 0.234. The van der Waals surface area contributed by atoms with E-state index in [4.69, 9.17) is 13.9 Å². The molecule has 0 bridgehead atoms. The molecule has 0 atom stereocenters. The Balaban J connectivity index is 1.69. The fourth-order valence-electron chi connectivity index (χ4n) is 3.24. The van der Waals surface area contributed by atoms with Gasteiger partial charge < -0.3 is 13.9 Å². The second-order valence-electron chi connectivity index (χ2n) is 6.59. The second-order valence-corrected chi connectivity index (χ2v) is 7.50. The van der Waals surface area contributed by atoms with Crippen molar-refractivity contribution in [3.63, 3.8) is 0 Å². The van der Waals surface area contributed by atoms with Crippen LogP contribution in [0.25, 0.3) is 21.7 Å². The molecule has 0 aliphatic heterocycles. The number of methoxy groups -OCH3 is 1. The lowest BCUT2D eigenvalue weighted by Crippen LogP contribution is -2.12. The number of rotatable bonds is 5. The maximum atomic E-state index is 12.5. The van der Waals surface area contributed by atoms with E-state index in [2.05, 4.69) is 15.9 Å². The predicted molar refractivity (Wildman–Crippen MR) is 115 cm³/mol. The van der Waals surface area contributed by atoms with Crippen molar-refractivity contribution in [1.82, 2.24) is 0 Å². The Morgan fingerprint density at radius 3 is 2.45 bits per heavy atom. The zero-order valence-corrected chi connectivity index (χ0v) is 17.4. The Bertz CT molecular complexity index is 1290. The van der Waals surface area contributed by atoms with Gasteiger partial charge in [-0.05, 0) is 49.4 Å². The minimum atomic E-state index is -0.447. The molecule has 1 heterocycles. The lowest BCUT2D eigenvalue weighted by atomic mass is 10.0. The Hall–Kier alpha value is -3.12. The highest BCUT2D eigenvalue weighted by atomic mass is 79.9. The molecule has 1 aromatic heterocycles. The van der Waals surface area contributed by atoms with Crippen LogP contribution in [0, 0.1) is 6.92 Å². The van der Waals surface area contributed by atoms with Gasteiger partial charge in [-0.15, -0.1) is 0 Å². The Morgan fingerprint density at radius 2 is 1.72 bits per heavy atom. The van der Waals surface area contributed by atoms with Gasteiger partial charge >= 0.3 is 5.63 Å². The summed E-state index contributed by atoms with van der Waals surface area (Å²) in [4.78, 5) is 24.8. The molecule has 0 aliphatic carbocycles. The molecule has 6 heteroatoms. The summed E-state index contributed by atoms with van der Waals surface area (Å²) in [6.07, 6.45) is 0. The van der Waals surface area contributed by atoms with E-state index in [9.17, 15) is 9.59 Å². The van der Waals surface area contributed by atoms with E-state index in [0.717, 1.165) is 15.2 Å². The van der Waals surface area contributed by atoms with E-state index in [0.29, 0.717) is 33.6 Å². The first-order valence-electron chi connectivity index (χ1n) is 8.93. The number of fused-ring (bicyclic) bond motifs is 3. The molecule has 0 unspecified atom stereocenters. The van der Waals surface area contributed by atoms with Crippen LogP contribution in [-0.2, 0) is 0 Å². The van der Waals surface area contributed by atoms with Gasteiger partial charge in [-0.1, -0.05) is 28.1 Å². The molecule has 3 aromatic carbocycles. The van der Waals surface area contributed by atoms with Crippen LogP contribution in [0.15, 0.2) is 68.3 Å². The van der Waals surface area contributed by atoms with Gasteiger partial charge in [0.2, 0.25) is 0 Å². The summed E-state index contributed by atoms with van der Waals surface area (Å²) >= 11 is 3.35. The third kappa shape index (κ3) is 3.63. The fourth-order valence-corrected chi connectivity index (χ4v) is 3.50. The fraction of sp³-hybridized carbons (Fsp3) is 0.130. The first-order valence-corrected chi connectivity index (χ1v) is 9.73. The third-order valence-corrected chi connectivity index (χ3v) is 5.34. The van der Waals surface area contributed by atoms with Crippen LogP contribution in [0.3, 0.4) is 0 Å². The van der Waals surface area contributed by atoms with E-state index in [1.807, 2.05) is 24.3 Å². The van der Waals surface area contributed by atoms with E-state index >= 15 is 0 Å². The van der Waals surface area contributed by atoms with Gasteiger partial charge in [0.25, 0.3) is 0 Å². The van der Waals surface area contributed by atoms with Crippen molar-refractivity contribution < 1.29 is 18.7 Å². The van der Waals surface area contributed by atoms with Gasteiger partial charge in [-0.3, -0.25) is 4.79 Å². The first-order chi connectivity index (χ1) is 14.0. The summed E-state index contributed by atoms with van der Waals surface area (Å²) in [5.41, 5.74) is 1.23. The van der Waals surface area contributed by atoms with Crippen LogP contribution >= 0.6 is 15.9 Å². The average molecular weight is 453 g/mol. The Morgan fingerprint density at radius 1 is 1.00 bits per heavy atom. The number of ether oxygens (including phenoxy) is 2. The largest absolute Gasteiger partial charge is 0.497 e. The third-order valence-electron chi connectivity index (χ3n) is 4.81. The van der Waals surface area contributed by atoms with Gasteiger partial charge in [0.1, 0.15) is 17.1 Å². The average Bonchev–Trinajstić information content (AvgIpc) is 2.74. The number of carbonyl (C=O) groups is 1. The SMILES string of the molecule is COc1ccc2c(c1)c(=O)oc1c(C)c(OCC(=O)c3ccc(Br)cc3)ccc12. The lowest BCUT2D eigenvalue weighted by molar-refractivity contribution is 0.0921. The van der Waals surface area contributed by atoms with Crippen LogP contribution in [0.5, 0.6) is 11.5 Å². The molecular formula is C23H17BrO5. The van der Waals surface area contributed by atoms with Crippen LogP contribution in [0.4, 0.5) is 0 Å². The molecule has 0 radical (unpaired) electrons. The monoisotopic (exact) mass is 452 g/mol. The number of ketones is 1. The van der Waals surface area contributed by atoms with Crippen molar-refractivity contribution in [2.45, 2.75) is 6.92 Å². The summed E-state index contributed by atoms with van der Waals surface area (Å²) < 4.78 is 17.4. The predicted octanol–water partition coefficient (Wildman–Crippen LogP) is 5.29. The van der Waals surface area contributed by atoms with Crippen molar-refractivity contribution in [2.24, 2.45) is 0 Å². The molecule has 0 fully saturated rings. The highest BCUT2D eigenvalue weighted by Crippen LogP contribution is 2.32. The number of hydrogen-bond acceptors (Lipinski definition) is 5. The van der Waals surface area contributed by atoms with Gasteiger partial charge in [0.15, 0.2) is 12.4 Å². The Kier molecular flexibility index (Phi) is 5.11. The maximum absolute atomic E-state index is 12.5. The van der Waals surface area contributed by atoms with Crippen molar-refractivity contribution in [1.29, 1.82) is 0 Å². The zero-order valence-electron chi connectivity index (χ0n) is 15.8. The summed E-state index contributed by atoms with van der Waals surface area (Å²) in [6, 6.07) is 16.0. The molecule has 5 nitrogen and oxygen atoms in total. The lowest BCUT2D eigenvalue weighted by Gasteiger charge is -2.12. The van der Waals surface area contributed by atoms with E-state index < -0.39 is 5.63 Å². The molecule has 0 spiro atoms. The van der Waals surface area contributed by atoms with Crippen LogP contribution in [0.2, 0.25) is 0 Å². The molecule has 0 saturated carbocycles. The molecular weight excluding hydrogens is 436 g/mol. The molecule has 4 rings (SSSR count). The smallest absolute Gasteiger partial charge is 0.344 e. The minimum Gasteiger partial charge on any atom is -0.497 e. The van der Waals surface area contributed by atoms with Crippen LogP contribution in [-0.4, -0.2) is 19.5 Å². The zero-order chi connectivity index (χ0) is 20.5. The highest BCUT2D eigenvalue weighted by Gasteiger charge is 2.15. The van der Waals surface area contributed by atoms with Crippen molar-refractivity contribution in [3.05, 3.63) is 80.6 Å². The van der Waals surface area contributed by atoms with Crippen molar-refractivity contribution >= 4 is 43.5 Å². The van der Waals surface area contributed by atoms with Crippen molar-refractivity contribution in [3.8, 4) is 11.5 Å². The summed E-state index contributed by atoms with van der Waals surface area (Å²) in [5, 5.41) is 2.03. The van der Waals surface area contributed by atoms with E-state index in [1.54, 1.807) is 44.4 Å². The van der Waals surface area contributed by atoms with E-state index in [1.165, 1.54) is 0 Å². The number of halogens is 1. The van der Waals surface area contributed by atoms with Crippen LogP contribution in [0.1, 0.15) is 15.9 Å². The summed E-state index contributed by atoms with van der Waals surface area (Å²) in [6.45, 7) is 1.70. The number of hydrogen-bond donors (Lipinski definition) is 0. The van der Waals surface area contributed by atoms with Gasteiger partial charge in [0.05, 0.1) is 12.5 Å². The van der Waals surface area contributed by atoms with Gasteiger partial charge in [-0.25, -0.2) is 4.79 Å². The molecule has 0 saturated heterocycles. The topological polar surface area (TPSA) is 65.7 Å².